The van der Waals surface area contributed by atoms with Crippen molar-refractivity contribution in [2.45, 2.75) is 32.8 Å². The smallest absolute Gasteiger partial charge is 0.307 e. The lowest BCUT2D eigenvalue weighted by Crippen LogP contribution is -2.39. The molecule has 1 aromatic rings. The van der Waals surface area contributed by atoms with Gasteiger partial charge < -0.3 is 14.7 Å². The van der Waals surface area contributed by atoms with Gasteiger partial charge in [0.1, 0.15) is 9.88 Å². The molecule has 1 saturated carbocycles. The number of aliphatic carboxylic acids is 1. The Kier molecular flexibility index (Phi) is 3.94. The lowest BCUT2D eigenvalue weighted by molar-refractivity contribution is -0.139. The van der Waals surface area contributed by atoms with Crippen molar-refractivity contribution in [3.8, 4) is 0 Å². The second-order valence-electron chi connectivity index (χ2n) is 6.20. The second kappa shape index (κ2) is 5.62. The van der Waals surface area contributed by atoms with E-state index >= 15 is 0 Å². The molecule has 1 N–H and O–H groups in total. The van der Waals surface area contributed by atoms with E-state index < -0.39 is 5.97 Å². The van der Waals surface area contributed by atoms with Crippen LogP contribution >= 0.6 is 11.3 Å². The quantitative estimate of drug-likeness (QED) is 0.915. The lowest BCUT2D eigenvalue weighted by atomic mass is 9.90. The second-order valence-corrected chi connectivity index (χ2v) is 7.29. The zero-order chi connectivity index (χ0) is 15.9. The molecular weight excluding hydrogens is 304 g/mol. The Morgan fingerprint density at radius 3 is 2.68 bits per heavy atom. The van der Waals surface area contributed by atoms with Gasteiger partial charge in [0.2, 0.25) is 0 Å². The number of methoxy groups -OCH3 is 1. The molecule has 2 aliphatic rings. The highest BCUT2D eigenvalue weighted by atomic mass is 32.1. The maximum absolute atomic E-state index is 12.6. The van der Waals surface area contributed by atoms with Gasteiger partial charge in [-0.05, 0) is 31.6 Å². The Balaban J connectivity index is 1.64. The van der Waals surface area contributed by atoms with Crippen LogP contribution in [0.4, 0.5) is 0 Å². The average Bonchev–Trinajstić information content (AvgIpc) is 3.06. The summed E-state index contributed by atoms with van der Waals surface area (Å²) in [5.74, 6) is -0.884. The van der Waals surface area contributed by atoms with Gasteiger partial charge in [-0.15, -0.1) is 11.3 Å². The van der Waals surface area contributed by atoms with Crippen LogP contribution in [0.3, 0.4) is 0 Å². The number of carboxylic acid groups (broad SMARTS) is 1. The van der Waals surface area contributed by atoms with E-state index in [9.17, 15) is 9.59 Å². The molecule has 1 aliphatic heterocycles. The van der Waals surface area contributed by atoms with Crippen molar-refractivity contribution in [3.63, 3.8) is 0 Å². The van der Waals surface area contributed by atoms with Crippen molar-refractivity contribution in [1.82, 2.24) is 9.88 Å². The molecule has 0 bridgehead atoms. The summed E-state index contributed by atoms with van der Waals surface area (Å²) in [7, 11) is 1.61. The van der Waals surface area contributed by atoms with E-state index in [0.29, 0.717) is 24.6 Å². The van der Waals surface area contributed by atoms with Gasteiger partial charge in [-0.25, -0.2) is 4.98 Å². The average molecular weight is 324 g/mol. The summed E-state index contributed by atoms with van der Waals surface area (Å²) < 4.78 is 5.06. The Hall–Kier alpha value is -1.47. The van der Waals surface area contributed by atoms with Crippen LogP contribution < -0.4 is 0 Å². The fourth-order valence-electron chi connectivity index (χ4n) is 3.38. The number of rotatable bonds is 4. The number of hydrogen-bond acceptors (Lipinski definition) is 5. The Morgan fingerprint density at radius 1 is 1.45 bits per heavy atom. The number of likely N-dealkylation sites (tertiary alicyclic amines) is 1. The van der Waals surface area contributed by atoms with E-state index in [4.69, 9.17) is 9.84 Å². The van der Waals surface area contributed by atoms with Crippen LogP contribution in [-0.2, 0) is 16.1 Å². The first-order valence-corrected chi connectivity index (χ1v) is 8.26. The van der Waals surface area contributed by atoms with Gasteiger partial charge in [-0.3, -0.25) is 9.59 Å². The van der Waals surface area contributed by atoms with Crippen LogP contribution in [0.25, 0.3) is 0 Å². The SMILES string of the molecule is COCc1nc(C)c(C(=O)N2CCC3(CC2)CC3C(=O)O)s1. The molecule has 22 heavy (non-hydrogen) atoms. The number of nitrogens with zero attached hydrogens (tertiary/aromatic N) is 2. The predicted molar refractivity (Wildman–Crippen MR) is 80.9 cm³/mol. The maximum Gasteiger partial charge on any atom is 0.307 e. The molecule has 1 atom stereocenters. The number of piperidine rings is 1. The van der Waals surface area contributed by atoms with Gasteiger partial charge in [0.15, 0.2) is 0 Å². The summed E-state index contributed by atoms with van der Waals surface area (Å²) in [5.41, 5.74) is 0.698. The van der Waals surface area contributed by atoms with Crippen LogP contribution in [0.15, 0.2) is 0 Å². The first kappa shape index (κ1) is 15.4. The van der Waals surface area contributed by atoms with Gasteiger partial charge >= 0.3 is 5.97 Å². The Morgan fingerprint density at radius 2 is 2.14 bits per heavy atom. The highest BCUT2D eigenvalue weighted by Gasteiger charge is 2.59. The zero-order valence-corrected chi connectivity index (χ0v) is 13.6. The number of hydrogen-bond donors (Lipinski definition) is 1. The molecule has 3 rings (SSSR count). The topological polar surface area (TPSA) is 79.7 Å². The minimum atomic E-state index is -0.692. The molecule has 1 unspecified atom stereocenters. The molecule has 1 aromatic heterocycles. The van der Waals surface area contributed by atoms with Crippen molar-refractivity contribution in [2.75, 3.05) is 20.2 Å². The van der Waals surface area contributed by atoms with Crippen molar-refractivity contribution in [1.29, 1.82) is 0 Å². The fraction of sp³-hybridized carbons (Fsp3) is 0.667. The molecule has 2 heterocycles. The molecule has 2 fully saturated rings. The van der Waals surface area contributed by atoms with Crippen molar-refractivity contribution in [2.24, 2.45) is 11.3 Å². The largest absolute Gasteiger partial charge is 0.481 e. The summed E-state index contributed by atoms with van der Waals surface area (Å²) in [6.45, 7) is 3.54. The minimum absolute atomic E-state index is 0.0136. The van der Waals surface area contributed by atoms with Gasteiger partial charge in [-0.1, -0.05) is 0 Å². The molecule has 1 aliphatic carbocycles. The molecule has 7 heteroatoms. The van der Waals surface area contributed by atoms with Gasteiger partial charge in [-0.2, -0.15) is 0 Å². The first-order chi connectivity index (χ1) is 10.5. The standard InChI is InChI=1S/C15H20N2O4S/c1-9-12(22-11(16-9)8-21-2)13(18)17-5-3-15(4-6-17)7-10(15)14(19)20/h10H,3-8H2,1-2H3,(H,19,20). The van der Waals surface area contributed by atoms with Crippen molar-refractivity contribution in [3.05, 3.63) is 15.6 Å². The maximum atomic E-state index is 12.6. The fourth-order valence-corrected chi connectivity index (χ4v) is 4.39. The Bertz CT molecular complexity index is 605. The molecular formula is C15H20N2O4S. The highest BCUT2D eigenvalue weighted by Crippen LogP contribution is 2.59. The zero-order valence-electron chi connectivity index (χ0n) is 12.8. The molecule has 1 spiro atoms. The monoisotopic (exact) mass is 324 g/mol. The van der Waals surface area contributed by atoms with Crippen LogP contribution in [-0.4, -0.2) is 47.1 Å². The van der Waals surface area contributed by atoms with Gasteiger partial charge in [0.25, 0.3) is 5.91 Å². The van der Waals surface area contributed by atoms with Crippen LogP contribution in [0, 0.1) is 18.3 Å². The van der Waals surface area contributed by atoms with Gasteiger partial charge in [0.05, 0.1) is 18.2 Å². The molecule has 6 nitrogen and oxygen atoms in total. The third kappa shape index (κ3) is 2.63. The molecule has 1 amide bonds. The summed E-state index contributed by atoms with van der Waals surface area (Å²) in [6.07, 6.45) is 2.35. The molecule has 0 radical (unpaired) electrons. The number of amides is 1. The summed E-state index contributed by atoms with van der Waals surface area (Å²) in [4.78, 5) is 30.6. The highest BCUT2D eigenvalue weighted by molar-refractivity contribution is 7.13. The lowest BCUT2D eigenvalue weighted by Gasteiger charge is -2.32. The van der Waals surface area contributed by atoms with Crippen LogP contribution in [0.1, 0.15) is 39.6 Å². The number of carbonyl (C=O) groups excluding carboxylic acids is 1. The van der Waals surface area contributed by atoms with E-state index in [1.54, 1.807) is 7.11 Å². The molecule has 1 saturated heterocycles. The number of aromatic nitrogens is 1. The Labute approximate surface area is 133 Å². The predicted octanol–water partition coefficient (Wildman–Crippen LogP) is 1.92. The van der Waals surface area contributed by atoms with E-state index in [0.717, 1.165) is 30.0 Å². The number of ether oxygens (including phenoxy) is 1. The minimum Gasteiger partial charge on any atom is -0.481 e. The number of thiazole rings is 1. The van der Waals surface area contributed by atoms with Crippen molar-refractivity contribution >= 4 is 23.2 Å². The van der Waals surface area contributed by atoms with Crippen molar-refractivity contribution < 1.29 is 19.4 Å². The first-order valence-electron chi connectivity index (χ1n) is 7.44. The third-order valence-corrected chi connectivity index (χ3v) is 5.96. The van der Waals surface area contributed by atoms with E-state index in [-0.39, 0.29) is 17.2 Å². The van der Waals surface area contributed by atoms with E-state index in [2.05, 4.69) is 4.98 Å². The van der Waals surface area contributed by atoms with E-state index in [1.807, 2.05) is 11.8 Å². The number of carboxylic acids is 1. The summed E-state index contributed by atoms with van der Waals surface area (Å²) in [5, 5.41) is 9.92. The number of carbonyl (C=O) groups is 2. The molecule has 120 valence electrons. The van der Waals surface area contributed by atoms with E-state index in [1.165, 1.54) is 11.3 Å². The molecule has 0 aromatic carbocycles. The van der Waals surface area contributed by atoms with Gasteiger partial charge in [0, 0.05) is 20.2 Å². The number of aryl methyl sites for hydroxylation is 1. The summed E-state index contributed by atoms with van der Waals surface area (Å²) >= 11 is 1.39. The van der Waals surface area contributed by atoms with Crippen LogP contribution in [0.5, 0.6) is 0 Å². The van der Waals surface area contributed by atoms with Crippen LogP contribution in [0.2, 0.25) is 0 Å². The summed E-state index contributed by atoms with van der Waals surface area (Å²) in [6, 6.07) is 0. The third-order valence-electron chi connectivity index (χ3n) is 4.84. The normalized spacial score (nSPS) is 22.8.